The third kappa shape index (κ3) is 3.05. The van der Waals surface area contributed by atoms with Gasteiger partial charge in [-0.25, -0.2) is 9.37 Å². The number of nitrogens with zero attached hydrogens (tertiary/aromatic N) is 1. The summed E-state index contributed by atoms with van der Waals surface area (Å²) in [5, 5.41) is 2.83. The number of amides is 1. The molecule has 2 aromatic rings. The second-order valence-corrected chi connectivity index (χ2v) is 4.70. The summed E-state index contributed by atoms with van der Waals surface area (Å²) in [6.07, 6.45) is 1.46. The number of carbonyl (C=O) groups excluding carboxylic acids is 1. The van der Waals surface area contributed by atoms with E-state index in [1.54, 1.807) is 12.1 Å². The summed E-state index contributed by atoms with van der Waals surface area (Å²) in [6, 6.07) is 7.13. The van der Waals surface area contributed by atoms with Gasteiger partial charge >= 0.3 is 0 Å². The molecule has 1 N–H and O–H groups in total. The molecule has 0 saturated carbocycles. The SMILES string of the molecule is O=C(Nc1ccc(Br)nc1)c1cc(Cl)ccc1F. The molecule has 0 aliphatic heterocycles. The van der Waals surface area contributed by atoms with Gasteiger partial charge in [0, 0.05) is 5.02 Å². The van der Waals surface area contributed by atoms with Crippen LogP contribution in [0.25, 0.3) is 0 Å². The molecule has 0 atom stereocenters. The molecule has 0 bridgehead atoms. The lowest BCUT2D eigenvalue weighted by molar-refractivity contribution is 0.102. The summed E-state index contributed by atoms with van der Waals surface area (Å²) >= 11 is 8.90. The average Bonchev–Trinajstić information content (AvgIpc) is 2.35. The van der Waals surface area contributed by atoms with Crippen molar-refractivity contribution >= 4 is 39.1 Å². The van der Waals surface area contributed by atoms with E-state index in [-0.39, 0.29) is 5.56 Å². The molecular weight excluding hydrogens is 322 g/mol. The normalized spacial score (nSPS) is 10.2. The van der Waals surface area contributed by atoms with Crippen molar-refractivity contribution in [3.05, 3.63) is 57.5 Å². The Hall–Kier alpha value is -1.46. The zero-order valence-electron chi connectivity index (χ0n) is 8.95. The highest BCUT2D eigenvalue weighted by Crippen LogP contribution is 2.17. The topological polar surface area (TPSA) is 42.0 Å². The molecule has 2 rings (SSSR count). The van der Waals surface area contributed by atoms with Crippen LogP contribution in [0, 0.1) is 5.82 Å². The molecule has 1 aromatic carbocycles. The van der Waals surface area contributed by atoms with Crippen molar-refractivity contribution in [2.45, 2.75) is 0 Å². The third-order valence-corrected chi connectivity index (χ3v) is 2.86. The zero-order valence-corrected chi connectivity index (χ0v) is 11.3. The Labute approximate surface area is 116 Å². The number of rotatable bonds is 2. The fourth-order valence-electron chi connectivity index (χ4n) is 1.32. The number of nitrogens with one attached hydrogen (secondary N) is 1. The molecule has 0 aliphatic rings. The number of anilines is 1. The number of pyridine rings is 1. The van der Waals surface area contributed by atoms with E-state index in [0.717, 1.165) is 6.07 Å². The average molecular weight is 330 g/mol. The molecule has 0 spiro atoms. The number of hydrogen-bond acceptors (Lipinski definition) is 2. The summed E-state index contributed by atoms with van der Waals surface area (Å²) in [4.78, 5) is 15.8. The highest BCUT2D eigenvalue weighted by atomic mass is 79.9. The summed E-state index contributed by atoms with van der Waals surface area (Å²) in [6.45, 7) is 0. The summed E-state index contributed by atoms with van der Waals surface area (Å²) in [5.41, 5.74) is 0.369. The Morgan fingerprint density at radius 3 is 2.78 bits per heavy atom. The van der Waals surface area contributed by atoms with Gasteiger partial charge in [0.05, 0.1) is 17.4 Å². The van der Waals surface area contributed by atoms with Crippen LogP contribution in [-0.2, 0) is 0 Å². The number of aromatic nitrogens is 1. The van der Waals surface area contributed by atoms with Gasteiger partial charge in [-0.3, -0.25) is 4.79 Å². The summed E-state index contributed by atoms with van der Waals surface area (Å²) < 4.78 is 14.1. The maximum atomic E-state index is 13.4. The summed E-state index contributed by atoms with van der Waals surface area (Å²) in [5.74, 6) is -1.19. The van der Waals surface area contributed by atoms with Crippen molar-refractivity contribution in [1.82, 2.24) is 4.98 Å². The lowest BCUT2D eigenvalue weighted by Crippen LogP contribution is -2.13. The molecular formula is C12H7BrClFN2O. The van der Waals surface area contributed by atoms with Gasteiger partial charge in [-0.2, -0.15) is 0 Å². The first-order valence-electron chi connectivity index (χ1n) is 4.94. The third-order valence-electron chi connectivity index (χ3n) is 2.16. The maximum absolute atomic E-state index is 13.4. The molecule has 0 aliphatic carbocycles. The first-order chi connectivity index (χ1) is 8.56. The van der Waals surface area contributed by atoms with Gasteiger partial charge in [-0.15, -0.1) is 0 Å². The highest BCUT2D eigenvalue weighted by Gasteiger charge is 2.12. The van der Waals surface area contributed by atoms with Gasteiger partial charge in [0.25, 0.3) is 5.91 Å². The van der Waals surface area contributed by atoms with Gasteiger partial charge < -0.3 is 5.32 Å². The lowest BCUT2D eigenvalue weighted by Gasteiger charge is -2.06. The molecule has 0 radical (unpaired) electrons. The van der Waals surface area contributed by atoms with E-state index < -0.39 is 11.7 Å². The second kappa shape index (κ2) is 5.46. The Balaban J connectivity index is 2.21. The van der Waals surface area contributed by atoms with Crippen LogP contribution < -0.4 is 5.32 Å². The van der Waals surface area contributed by atoms with E-state index in [2.05, 4.69) is 26.2 Å². The molecule has 0 saturated heterocycles. The second-order valence-electron chi connectivity index (χ2n) is 3.45. The molecule has 1 amide bonds. The van der Waals surface area contributed by atoms with Gasteiger partial charge in [-0.05, 0) is 46.3 Å². The largest absolute Gasteiger partial charge is 0.320 e. The number of halogens is 3. The van der Waals surface area contributed by atoms with Gasteiger partial charge in [0.15, 0.2) is 0 Å². The predicted octanol–water partition coefficient (Wildman–Crippen LogP) is 3.89. The van der Waals surface area contributed by atoms with Gasteiger partial charge in [-0.1, -0.05) is 11.6 Å². The molecule has 1 heterocycles. The Kier molecular flexibility index (Phi) is 3.93. The molecule has 3 nitrogen and oxygen atoms in total. The van der Waals surface area contributed by atoms with Crippen LogP contribution >= 0.6 is 27.5 Å². The molecule has 18 heavy (non-hydrogen) atoms. The monoisotopic (exact) mass is 328 g/mol. The molecule has 0 unspecified atom stereocenters. The van der Waals surface area contributed by atoms with E-state index >= 15 is 0 Å². The van der Waals surface area contributed by atoms with Crippen molar-refractivity contribution < 1.29 is 9.18 Å². The van der Waals surface area contributed by atoms with E-state index in [1.807, 2.05) is 0 Å². The first kappa shape index (κ1) is 13.0. The summed E-state index contributed by atoms with van der Waals surface area (Å²) in [7, 11) is 0. The number of benzene rings is 1. The molecule has 0 fully saturated rings. The Bertz CT molecular complexity index is 589. The minimum Gasteiger partial charge on any atom is -0.320 e. The fourth-order valence-corrected chi connectivity index (χ4v) is 1.73. The van der Waals surface area contributed by atoms with Crippen molar-refractivity contribution in [3.8, 4) is 0 Å². The van der Waals surface area contributed by atoms with Crippen molar-refractivity contribution in [2.75, 3.05) is 5.32 Å². The fraction of sp³-hybridized carbons (Fsp3) is 0. The van der Waals surface area contributed by atoms with Crippen LogP contribution in [0.15, 0.2) is 41.1 Å². The smallest absolute Gasteiger partial charge is 0.258 e. The van der Waals surface area contributed by atoms with Crippen molar-refractivity contribution in [2.24, 2.45) is 0 Å². The van der Waals surface area contributed by atoms with Crippen LogP contribution in [0.5, 0.6) is 0 Å². The maximum Gasteiger partial charge on any atom is 0.258 e. The van der Waals surface area contributed by atoms with Crippen molar-refractivity contribution in [3.63, 3.8) is 0 Å². The predicted molar refractivity (Wildman–Crippen MR) is 71.3 cm³/mol. The first-order valence-corrected chi connectivity index (χ1v) is 6.11. The Morgan fingerprint density at radius 2 is 2.11 bits per heavy atom. The van der Waals surface area contributed by atoms with E-state index in [9.17, 15) is 9.18 Å². The van der Waals surface area contributed by atoms with E-state index in [1.165, 1.54) is 18.3 Å². The highest BCUT2D eigenvalue weighted by molar-refractivity contribution is 9.10. The minimum absolute atomic E-state index is 0.106. The van der Waals surface area contributed by atoms with Gasteiger partial charge in [0.1, 0.15) is 10.4 Å². The van der Waals surface area contributed by atoms with Crippen LogP contribution in [0.2, 0.25) is 5.02 Å². The van der Waals surface area contributed by atoms with Crippen LogP contribution in [-0.4, -0.2) is 10.9 Å². The number of hydrogen-bond donors (Lipinski definition) is 1. The minimum atomic E-state index is -0.623. The number of carbonyl (C=O) groups is 1. The molecule has 6 heteroatoms. The Morgan fingerprint density at radius 1 is 1.33 bits per heavy atom. The lowest BCUT2D eigenvalue weighted by atomic mass is 10.2. The van der Waals surface area contributed by atoms with Crippen LogP contribution in [0.3, 0.4) is 0 Å². The molecule has 92 valence electrons. The van der Waals surface area contributed by atoms with Crippen molar-refractivity contribution in [1.29, 1.82) is 0 Å². The van der Waals surface area contributed by atoms with E-state index in [4.69, 9.17) is 11.6 Å². The van der Waals surface area contributed by atoms with Crippen LogP contribution in [0.4, 0.5) is 10.1 Å². The quantitative estimate of drug-likeness (QED) is 0.849. The standard InChI is InChI=1S/C12H7BrClFN2O/c13-11-4-2-8(6-16-11)17-12(18)9-5-7(14)1-3-10(9)15/h1-6H,(H,17,18). The van der Waals surface area contributed by atoms with Crippen LogP contribution in [0.1, 0.15) is 10.4 Å². The molecule has 1 aromatic heterocycles. The van der Waals surface area contributed by atoms with E-state index in [0.29, 0.717) is 15.3 Å². The van der Waals surface area contributed by atoms with Gasteiger partial charge in [0.2, 0.25) is 0 Å². The zero-order chi connectivity index (χ0) is 13.1.